The summed E-state index contributed by atoms with van der Waals surface area (Å²) < 4.78 is 16.8. The van der Waals surface area contributed by atoms with Gasteiger partial charge in [-0.25, -0.2) is 0 Å². The summed E-state index contributed by atoms with van der Waals surface area (Å²) in [5.41, 5.74) is 0.733. The van der Waals surface area contributed by atoms with Gasteiger partial charge in [-0.3, -0.25) is 14.5 Å². The molecule has 0 aromatic heterocycles. The van der Waals surface area contributed by atoms with Crippen molar-refractivity contribution < 1.29 is 23.8 Å². The van der Waals surface area contributed by atoms with Crippen molar-refractivity contribution >= 4 is 11.8 Å². The second-order valence-corrected chi connectivity index (χ2v) is 9.08. The zero-order chi connectivity index (χ0) is 22.0. The van der Waals surface area contributed by atoms with Gasteiger partial charge in [0, 0.05) is 51.4 Å². The van der Waals surface area contributed by atoms with Gasteiger partial charge in [0.05, 0.1) is 33.5 Å². The van der Waals surface area contributed by atoms with Gasteiger partial charge in [0.1, 0.15) is 11.5 Å². The zero-order valence-electron chi connectivity index (χ0n) is 18.8. The third-order valence-corrected chi connectivity index (χ3v) is 6.99. The standard InChI is InChI=1S/C23H33N3O5/c1-24-8-9-25(15-21(24)27)14-20-13-23(16-31-20)4-6-26(7-5-23)22(28)17-10-18(29-2)12-19(11-17)30-3/h10-12,20H,4-9,13-16H2,1-3H3. The zero-order valence-corrected chi connectivity index (χ0v) is 18.8. The van der Waals surface area contributed by atoms with E-state index in [1.54, 1.807) is 37.3 Å². The fourth-order valence-electron chi connectivity index (χ4n) is 4.91. The van der Waals surface area contributed by atoms with Crippen molar-refractivity contribution in [3.8, 4) is 11.5 Å². The van der Waals surface area contributed by atoms with E-state index in [0.717, 1.165) is 58.6 Å². The van der Waals surface area contributed by atoms with Gasteiger partial charge in [-0.1, -0.05) is 0 Å². The lowest BCUT2D eigenvalue weighted by Gasteiger charge is -2.38. The minimum Gasteiger partial charge on any atom is -0.497 e. The van der Waals surface area contributed by atoms with E-state index in [4.69, 9.17) is 14.2 Å². The van der Waals surface area contributed by atoms with Crippen LogP contribution < -0.4 is 9.47 Å². The number of ether oxygens (including phenoxy) is 3. The maximum atomic E-state index is 13.1. The van der Waals surface area contributed by atoms with Crippen LogP contribution in [0.5, 0.6) is 11.5 Å². The summed E-state index contributed by atoms with van der Waals surface area (Å²) in [5, 5.41) is 0. The van der Waals surface area contributed by atoms with Gasteiger partial charge in [0.25, 0.3) is 5.91 Å². The lowest BCUT2D eigenvalue weighted by Crippen LogP contribution is -2.50. The van der Waals surface area contributed by atoms with E-state index >= 15 is 0 Å². The summed E-state index contributed by atoms with van der Waals surface area (Å²) in [6, 6.07) is 5.30. The van der Waals surface area contributed by atoms with E-state index in [9.17, 15) is 9.59 Å². The van der Waals surface area contributed by atoms with Gasteiger partial charge in [-0.15, -0.1) is 0 Å². The molecule has 8 nitrogen and oxygen atoms in total. The predicted molar refractivity (Wildman–Crippen MR) is 116 cm³/mol. The van der Waals surface area contributed by atoms with E-state index in [1.807, 2.05) is 11.9 Å². The van der Waals surface area contributed by atoms with Gasteiger partial charge in [0.15, 0.2) is 0 Å². The number of methoxy groups -OCH3 is 2. The van der Waals surface area contributed by atoms with Crippen LogP contribution >= 0.6 is 0 Å². The fraction of sp³-hybridized carbons (Fsp3) is 0.652. The molecule has 0 aliphatic carbocycles. The quantitative estimate of drug-likeness (QED) is 0.704. The Morgan fingerprint density at radius 1 is 1.10 bits per heavy atom. The Balaban J connectivity index is 1.31. The Kier molecular flexibility index (Phi) is 6.39. The highest BCUT2D eigenvalue weighted by Gasteiger charge is 2.43. The van der Waals surface area contributed by atoms with Crippen molar-refractivity contribution in [3.63, 3.8) is 0 Å². The third kappa shape index (κ3) is 4.80. The average Bonchev–Trinajstić information content (AvgIpc) is 3.17. The molecule has 0 bridgehead atoms. The van der Waals surface area contributed by atoms with Crippen molar-refractivity contribution in [2.75, 3.05) is 67.1 Å². The van der Waals surface area contributed by atoms with Crippen molar-refractivity contribution in [1.29, 1.82) is 0 Å². The van der Waals surface area contributed by atoms with Crippen LogP contribution in [0.25, 0.3) is 0 Å². The van der Waals surface area contributed by atoms with Crippen LogP contribution in [0.3, 0.4) is 0 Å². The Morgan fingerprint density at radius 2 is 1.77 bits per heavy atom. The number of piperazine rings is 1. The molecule has 1 atom stereocenters. The summed E-state index contributed by atoms with van der Waals surface area (Å²) in [6.07, 6.45) is 3.06. The molecular formula is C23H33N3O5. The van der Waals surface area contributed by atoms with E-state index in [-0.39, 0.29) is 23.3 Å². The molecule has 3 fully saturated rings. The summed E-state index contributed by atoms with van der Waals surface area (Å²) in [6.45, 7) is 5.17. The highest BCUT2D eigenvalue weighted by atomic mass is 16.5. The second kappa shape index (κ2) is 9.04. The first-order valence-electron chi connectivity index (χ1n) is 11.0. The van der Waals surface area contributed by atoms with Gasteiger partial charge in [-0.05, 0) is 36.8 Å². The smallest absolute Gasteiger partial charge is 0.254 e. The molecule has 0 saturated carbocycles. The Bertz CT molecular complexity index is 799. The number of carbonyl (C=O) groups excluding carboxylic acids is 2. The summed E-state index contributed by atoms with van der Waals surface area (Å²) >= 11 is 0. The van der Waals surface area contributed by atoms with Crippen molar-refractivity contribution in [2.45, 2.75) is 25.4 Å². The van der Waals surface area contributed by atoms with Crippen molar-refractivity contribution in [1.82, 2.24) is 14.7 Å². The fourth-order valence-corrected chi connectivity index (χ4v) is 4.91. The Morgan fingerprint density at radius 3 is 2.39 bits per heavy atom. The highest BCUT2D eigenvalue weighted by Crippen LogP contribution is 2.42. The van der Waals surface area contributed by atoms with Gasteiger partial charge in [-0.2, -0.15) is 0 Å². The average molecular weight is 432 g/mol. The summed E-state index contributed by atoms with van der Waals surface area (Å²) in [7, 11) is 5.03. The van der Waals surface area contributed by atoms with Crippen molar-refractivity contribution in [3.05, 3.63) is 23.8 Å². The first-order valence-corrected chi connectivity index (χ1v) is 11.0. The summed E-state index contributed by atoms with van der Waals surface area (Å²) in [5.74, 6) is 1.43. The molecule has 2 amide bonds. The number of carbonyl (C=O) groups is 2. The minimum absolute atomic E-state index is 0.0125. The van der Waals surface area contributed by atoms with Crippen LogP contribution in [-0.2, 0) is 9.53 Å². The number of benzene rings is 1. The molecule has 3 heterocycles. The molecule has 1 aromatic rings. The van der Waals surface area contributed by atoms with Crippen LogP contribution in [0.1, 0.15) is 29.6 Å². The van der Waals surface area contributed by atoms with Crippen LogP contribution in [0.4, 0.5) is 0 Å². The van der Waals surface area contributed by atoms with E-state index < -0.39 is 0 Å². The van der Waals surface area contributed by atoms with Crippen molar-refractivity contribution in [2.24, 2.45) is 5.41 Å². The normalized spacial score (nSPS) is 24.0. The lowest BCUT2D eigenvalue weighted by atomic mass is 9.76. The molecule has 0 N–H and O–H groups in total. The number of piperidine rings is 1. The molecule has 1 unspecified atom stereocenters. The molecule has 1 spiro atoms. The maximum Gasteiger partial charge on any atom is 0.254 e. The highest BCUT2D eigenvalue weighted by molar-refractivity contribution is 5.95. The summed E-state index contributed by atoms with van der Waals surface area (Å²) in [4.78, 5) is 30.9. The van der Waals surface area contributed by atoms with Crippen LogP contribution in [0.2, 0.25) is 0 Å². The maximum absolute atomic E-state index is 13.1. The molecule has 170 valence electrons. The van der Waals surface area contributed by atoms with Crippen LogP contribution in [0, 0.1) is 5.41 Å². The molecule has 4 rings (SSSR count). The molecule has 1 aromatic carbocycles. The largest absolute Gasteiger partial charge is 0.497 e. The Labute approximate surface area is 184 Å². The van der Waals surface area contributed by atoms with Crippen LogP contribution in [-0.4, -0.2) is 99.8 Å². The number of hydrogen-bond donors (Lipinski definition) is 0. The second-order valence-electron chi connectivity index (χ2n) is 9.08. The number of amides is 2. The molecule has 31 heavy (non-hydrogen) atoms. The molecule has 3 saturated heterocycles. The minimum atomic E-state index is 0.0125. The molecule has 0 radical (unpaired) electrons. The van der Waals surface area contributed by atoms with E-state index in [0.29, 0.717) is 23.6 Å². The Hall–Kier alpha value is -2.32. The third-order valence-electron chi connectivity index (χ3n) is 6.99. The first-order chi connectivity index (χ1) is 14.9. The number of nitrogens with zero attached hydrogens (tertiary/aromatic N) is 3. The predicted octanol–water partition coefficient (Wildman–Crippen LogP) is 1.49. The molecular weight excluding hydrogens is 398 g/mol. The number of hydrogen-bond acceptors (Lipinski definition) is 6. The number of likely N-dealkylation sites (N-methyl/N-ethyl adjacent to an activating group) is 1. The number of rotatable bonds is 5. The van der Waals surface area contributed by atoms with E-state index in [1.165, 1.54) is 0 Å². The monoisotopic (exact) mass is 431 g/mol. The van der Waals surface area contributed by atoms with E-state index in [2.05, 4.69) is 4.90 Å². The lowest BCUT2D eigenvalue weighted by molar-refractivity contribution is -0.134. The first kappa shape index (κ1) is 21.9. The molecule has 3 aliphatic heterocycles. The van der Waals surface area contributed by atoms with Gasteiger partial charge in [0.2, 0.25) is 5.91 Å². The van der Waals surface area contributed by atoms with Crippen LogP contribution in [0.15, 0.2) is 18.2 Å². The molecule has 8 heteroatoms. The van der Waals surface area contributed by atoms with Gasteiger partial charge >= 0.3 is 0 Å². The SMILES string of the molecule is COc1cc(OC)cc(C(=O)N2CCC3(CC2)COC(CN2CCN(C)C(=O)C2)C3)c1. The number of likely N-dealkylation sites (tertiary alicyclic amines) is 1. The molecule has 3 aliphatic rings. The topological polar surface area (TPSA) is 71.6 Å². The van der Waals surface area contributed by atoms with Gasteiger partial charge < -0.3 is 24.0 Å².